The van der Waals surface area contributed by atoms with Gasteiger partial charge in [-0.05, 0) is 40.5 Å². The second kappa shape index (κ2) is 8.98. The van der Waals surface area contributed by atoms with E-state index >= 15 is 0 Å². The molecule has 1 aliphatic rings. The summed E-state index contributed by atoms with van der Waals surface area (Å²) in [5.74, 6) is -5.34. The third-order valence-electron chi connectivity index (χ3n) is 3.70. The largest absolute Gasteiger partial charge is 0.480 e. The number of carbonyl (C=O) groups excluding carboxylic acids is 3. The van der Waals surface area contributed by atoms with Crippen LogP contribution in [0.3, 0.4) is 0 Å². The topological polar surface area (TPSA) is 136 Å². The molecule has 1 amide bonds. The molecule has 1 rings (SSSR count). The van der Waals surface area contributed by atoms with Crippen molar-refractivity contribution < 1.29 is 33.8 Å². The molecule has 0 aromatic rings. The van der Waals surface area contributed by atoms with E-state index in [-0.39, 0.29) is 25.6 Å². The van der Waals surface area contributed by atoms with Gasteiger partial charge in [0, 0.05) is 12.6 Å². The molecule has 9 heteroatoms. The standard InChI is InChI=1S/C17H28N2O7/c1-5-25-11(20)8-9-19(10-6-7-10)14(21)12(13(18)15(22)23)16(24)26-17(2,3)4/h10,12-13H,5-9,18H2,1-4H3,(H,22,23)/t12?,13-/m0/s1. The lowest BCUT2D eigenvalue weighted by atomic mass is 9.98. The smallest absolute Gasteiger partial charge is 0.321 e. The summed E-state index contributed by atoms with van der Waals surface area (Å²) >= 11 is 0. The van der Waals surface area contributed by atoms with Gasteiger partial charge in [0.05, 0.1) is 13.0 Å². The molecule has 1 unspecified atom stereocenters. The van der Waals surface area contributed by atoms with Crippen LogP contribution in [0.1, 0.15) is 47.0 Å². The Morgan fingerprint density at radius 2 is 1.81 bits per heavy atom. The van der Waals surface area contributed by atoms with Gasteiger partial charge in [0.25, 0.3) is 0 Å². The number of esters is 2. The van der Waals surface area contributed by atoms with Gasteiger partial charge in [-0.25, -0.2) is 0 Å². The third-order valence-corrected chi connectivity index (χ3v) is 3.70. The molecule has 0 heterocycles. The number of carboxylic acids is 1. The number of ether oxygens (including phenoxy) is 2. The minimum Gasteiger partial charge on any atom is -0.480 e. The number of carbonyl (C=O) groups is 4. The number of amides is 1. The maximum absolute atomic E-state index is 12.9. The highest BCUT2D eigenvalue weighted by Gasteiger charge is 2.45. The van der Waals surface area contributed by atoms with Crippen molar-refractivity contribution in [1.82, 2.24) is 4.90 Å². The van der Waals surface area contributed by atoms with E-state index in [1.807, 2.05) is 0 Å². The monoisotopic (exact) mass is 372 g/mol. The van der Waals surface area contributed by atoms with Crippen LogP contribution in [-0.4, -0.2) is 64.7 Å². The van der Waals surface area contributed by atoms with Crippen LogP contribution in [0.15, 0.2) is 0 Å². The molecule has 0 radical (unpaired) electrons. The number of nitrogens with two attached hydrogens (primary N) is 1. The molecule has 1 fully saturated rings. The first kappa shape index (κ1) is 21.9. The molecule has 0 aromatic heterocycles. The first-order valence-corrected chi connectivity index (χ1v) is 8.65. The molecule has 1 aliphatic carbocycles. The molecule has 0 aromatic carbocycles. The van der Waals surface area contributed by atoms with Crippen LogP contribution in [0.2, 0.25) is 0 Å². The van der Waals surface area contributed by atoms with E-state index in [1.165, 1.54) is 4.90 Å². The van der Waals surface area contributed by atoms with E-state index in [0.717, 1.165) is 12.8 Å². The van der Waals surface area contributed by atoms with Crippen molar-refractivity contribution in [3.63, 3.8) is 0 Å². The van der Waals surface area contributed by atoms with Gasteiger partial charge < -0.3 is 25.2 Å². The molecule has 0 bridgehead atoms. The predicted octanol–water partition coefficient (Wildman–Crippen LogP) is 0.300. The molecule has 1 saturated carbocycles. The van der Waals surface area contributed by atoms with Gasteiger partial charge in [-0.2, -0.15) is 0 Å². The van der Waals surface area contributed by atoms with E-state index < -0.39 is 41.4 Å². The maximum Gasteiger partial charge on any atom is 0.321 e. The molecule has 9 nitrogen and oxygen atoms in total. The summed E-state index contributed by atoms with van der Waals surface area (Å²) in [6.45, 7) is 6.76. The zero-order valence-corrected chi connectivity index (χ0v) is 15.7. The minimum absolute atomic E-state index is 0.0357. The number of carboxylic acid groups (broad SMARTS) is 1. The van der Waals surface area contributed by atoms with Crippen LogP contribution in [0, 0.1) is 5.92 Å². The number of nitrogens with zero attached hydrogens (tertiary/aromatic N) is 1. The lowest BCUT2D eigenvalue weighted by Crippen LogP contribution is -2.53. The number of hydrogen-bond donors (Lipinski definition) is 2. The van der Waals surface area contributed by atoms with Crippen molar-refractivity contribution in [2.45, 2.75) is 64.6 Å². The highest BCUT2D eigenvalue weighted by molar-refractivity contribution is 6.03. The Labute approximate surface area is 152 Å². The quantitative estimate of drug-likeness (QED) is 0.436. The van der Waals surface area contributed by atoms with Crippen LogP contribution in [0.5, 0.6) is 0 Å². The highest BCUT2D eigenvalue weighted by atomic mass is 16.6. The van der Waals surface area contributed by atoms with Gasteiger partial charge in [-0.1, -0.05) is 0 Å². The predicted molar refractivity (Wildman–Crippen MR) is 90.9 cm³/mol. The van der Waals surface area contributed by atoms with Crippen LogP contribution in [0.4, 0.5) is 0 Å². The van der Waals surface area contributed by atoms with Gasteiger partial charge in [-0.15, -0.1) is 0 Å². The fourth-order valence-electron chi connectivity index (χ4n) is 2.39. The zero-order chi connectivity index (χ0) is 20.1. The minimum atomic E-state index is -1.74. The lowest BCUT2D eigenvalue weighted by Gasteiger charge is -2.30. The summed E-state index contributed by atoms with van der Waals surface area (Å²) in [4.78, 5) is 49.5. The average molecular weight is 372 g/mol. The van der Waals surface area contributed by atoms with Gasteiger partial charge in [0.2, 0.25) is 5.91 Å². The summed E-state index contributed by atoms with van der Waals surface area (Å²) in [6, 6.07) is -1.87. The van der Waals surface area contributed by atoms with E-state index in [2.05, 4.69) is 0 Å². The summed E-state index contributed by atoms with van der Waals surface area (Å²) in [5.41, 5.74) is 4.70. The van der Waals surface area contributed by atoms with Crippen molar-refractivity contribution in [3.8, 4) is 0 Å². The first-order chi connectivity index (χ1) is 12.0. The molecular weight excluding hydrogens is 344 g/mol. The van der Waals surface area contributed by atoms with Crippen LogP contribution < -0.4 is 5.73 Å². The molecule has 2 atom stereocenters. The molecule has 148 valence electrons. The van der Waals surface area contributed by atoms with Gasteiger partial charge >= 0.3 is 17.9 Å². The second-order valence-electron chi connectivity index (χ2n) is 7.19. The van der Waals surface area contributed by atoms with Gasteiger partial charge in [-0.3, -0.25) is 19.2 Å². The molecule has 26 heavy (non-hydrogen) atoms. The number of hydrogen-bond acceptors (Lipinski definition) is 7. The highest BCUT2D eigenvalue weighted by Crippen LogP contribution is 2.29. The normalized spacial score (nSPS) is 16.3. The SMILES string of the molecule is CCOC(=O)CCN(C(=O)C(C(=O)OC(C)(C)C)[C@H](N)C(=O)O)C1CC1. The Kier molecular flexibility index (Phi) is 7.55. The Hall–Kier alpha value is -2.16. The molecular formula is C17H28N2O7. The Balaban J connectivity index is 2.97. The van der Waals surface area contributed by atoms with E-state index in [9.17, 15) is 24.3 Å². The Morgan fingerprint density at radius 1 is 1.23 bits per heavy atom. The van der Waals surface area contributed by atoms with Crippen molar-refractivity contribution in [2.75, 3.05) is 13.2 Å². The fraction of sp³-hybridized carbons (Fsp3) is 0.765. The number of rotatable bonds is 9. The molecule has 0 saturated heterocycles. The molecule has 0 spiro atoms. The van der Waals surface area contributed by atoms with Crippen LogP contribution >= 0.6 is 0 Å². The van der Waals surface area contributed by atoms with Crippen molar-refractivity contribution >= 4 is 23.8 Å². The zero-order valence-electron chi connectivity index (χ0n) is 15.7. The third kappa shape index (κ3) is 6.62. The Morgan fingerprint density at radius 3 is 2.23 bits per heavy atom. The van der Waals surface area contributed by atoms with E-state index in [1.54, 1.807) is 27.7 Å². The second-order valence-corrected chi connectivity index (χ2v) is 7.19. The summed E-state index contributed by atoms with van der Waals surface area (Å²) in [6.07, 6.45) is 1.40. The summed E-state index contributed by atoms with van der Waals surface area (Å²) in [5, 5.41) is 9.19. The van der Waals surface area contributed by atoms with Gasteiger partial charge in [0.1, 0.15) is 11.6 Å². The Bertz CT molecular complexity index is 552. The van der Waals surface area contributed by atoms with Crippen molar-refractivity contribution in [3.05, 3.63) is 0 Å². The van der Waals surface area contributed by atoms with E-state index in [0.29, 0.717) is 0 Å². The van der Waals surface area contributed by atoms with Crippen molar-refractivity contribution in [2.24, 2.45) is 11.7 Å². The molecule has 0 aliphatic heterocycles. The fourth-order valence-corrected chi connectivity index (χ4v) is 2.39. The van der Waals surface area contributed by atoms with Gasteiger partial charge in [0.15, 0.2) is 5.92 Å². The lowest BCUT2D eigenvalue weighted by molar-refractivity contribution is -0.169. The molecule has 3 N–H and O–H groups in total. The maximum atomic E-state index is 12.9. The first-order valence-electron chi connectivity index (χ1n) is 8.65. The van der Waals surface area contributed by atoms with E-state index in [4.69, 9.17) is 15.2 Å². The van der Waals surface area contributed by atoms with Crippen LogP contribution in [-0.2, 0) is 28.7 Å². The van der Waals surface area contributed by atoms with Crippen molar-refractivity contribution in [1.29, 1.82) is 0 Å². The summed E-state index contributed by atoms with van der Waals surface area (Å²) in [7, 11) is 0. The summed E-state index contributed by atoms with van der Waals surface area (Å²) < 4.78 is 10.0. The van der Waals surface area contributed by atoms with Crippen LogP contribution in [0.25, 0.3) is 0 Å². The average Bonchev–Trinajstić information content (AvgIpc) is 3.30. The number of aliphatic carboxylic acids is 1.